The number of carbonyl (C=O) groups excluding carboxylic acids is 1. The van der Waals surface area contributed by atoms with Gasteiger partial charge in [-0.2, -0.15) is 0 Å². The highest BCUT2D eigenvalue weighted by Crippen LogP contribution is 2.32. The fraction of sp³-hybridized carbons (Fsp3) is 0.400. The van der Waals surface area contributed by atoms with Crippen LogP contribution in [-0.4, -0.2) is 21.9 Å². The van der Waals surface area contributed by atoms with E-state index in [1.807, 2.05) is 52.8 Å². The molecule has 22 heavy (non-hydrogen) atoms. The minimum atomic E-state index is -0.592. The van der Waals surface area contributed by atoms with Crippen LogP contribution in [0.25, 0.3) is 0 Å². The van der Waals surface area contributed by atoms with Gasteiger partial charge in [0.25, 0.3) is 0 Å². The van der Waals surface area contributed by atoms with Crippen molar-refractivity contribution in [2.75, 3.05) is 4.90 Å². The summed E-state index contributed by atoms with van der Waals surface area (Å²) in [7, 11) is 0. The highest BCUT2D eigenvalue weighted by atomic mass is 32.1. The first-order chi connectivity index (χ1) is 10.2. The summed E-state index contributed by atoms with van der Waals surface area (Å²) in [6.07, 6.45) is -0.473. The number of aryl methyl sites for hydroxylation is 1. The van der Waals surface area contributed by atoms with Crippen molar-refractivity contribution in [1.29, 1.82) is 0 Å². The van der Waals surface area contributed by atoms with Crippen LogP contribution in [0.5, 0.6) is 0 Å². The van der Waals surface area contributed by atoms with Gasteiger partial charge >= 0.3 is 6.09 Å². The van der Waals surface area contributed by atoms with E-state index in [4.69, 9.17) is 17.0 Å². The zero-order chi connectivity index (χ0) is 16.5. The normalized spacial score (nSPS) is 11.3. The smallest absolute Gasteiger partial charge is 0.421 e. The molecule has 2 rings (SSSR count). The van der Waals surface area contributed by atoms with Crippen molar-refractivity contribution in [1.82, 2.24) is 10.2 Å². The molecule has 118 valence electrons. The number of aromatic amines is 1. The zero-order valence-electron chi connectivity index (χ0n) is 13.3. The molecule has 0 spiro atoms. The molecule has 1 amide bonds. The third-order valence-electron chi connectivity index (χ3n) is 3.01. The number of ether oxygens (including phenoxy) is 1. The maximum atomic E-state index is 12.7. The van der Waals surface area contributed by atoms with Gasteiger partial charge in [0.1, 0.15) is 5.60 Å². The van der Waals surface area contributed by atoms with Gasteiger partial charge in [-0.3, -0.25) is 5.10 Å². The number of aromatic nitrogens is 2. The fourth-order valence-electron chi connectivity index (χ4n) is 1.88. The Morgan fingerprint density at radius 3 is 2.59 bits per heavy atom. The van der Waals surface area contributed by atoms with Crippen LogP contribution in [0, 0.1) is 17.8 Å². The average Bonchev–Trinajstić information content (AvgIpc) is 2.79. The molecule has 1 N–H and O–H groups in total. The van der Waals surface area contributed by atoms with Crippen LogP contribution in [0.2, 0.25) is 0 Å². The number of carbonyl (C=O) groups is 1. The zero-order valence-corrected chi connectivity index (χ0v) is 14.9. The number of anilines is 2. The molecule has 0 atom stereocenters. The first kappa shape index (κ1) is 16.6. The van der Waals surface area contributed by atoms with Gasteiger partial charge in [-0.15, -0.1) is 5.10 Å². The highest BCUT2D eigenvalue weighted by Gasteiger charge is 2.28. The van der Waals surface area contributed by atoms with Crippen molar-refractivity contribution >= 4 is 40.5 Å². The number of benzene rings is 1. The molecule has 1 aromatic carbocycles. The van der Waals surface area contributed by atoms with E-state index in [9.17, 15) is 4.79 Å². The van der Waals surface area contributed by atoms with Gasteiger partial charge in [0.05, 0.1) is 5.69 Å². The van der Waals surface area contributed by atoms with Crippen molar-refractivity contribution < 1.29 is 9.53 Å². The second-order valence-electron chi connectivity index (χ2n) is 5.93. The molecular formula is C15H19N3O2S2. The molecule has 0 saturated heterocycles. The lowest BCUT2D eigenvalue weighted by atomic mass is 10.1. The lowest BCUT2D eigenvalue weighted by Crippen LogP contribution is -2.34. The van der Waals surface area contributed by atoms with E-state index in [1.165, 1.54) is 16.2 Å². The van der Waals surface area contributed by atoms with Crippen LogP contribution < -0.4 is 4.90 Å². The van der Waals surface area contributed by atoms with Crippen molar-refractivity contribution in [3.8, 4) is 0 Å². The first-order valence-electron chi connectivity index (χ1n) is 6.84. The minimum absolute atomic E-state index is 0.466. The van der Waals surface area contributed by atoms with Gasteiger partial charge in [0.2, 0.25) is 5.13 Å². The second-order valence-corrected chi connectivity index (χ2v) is 7.57. The van der Waals surface area contributed by atoms with Crippen molar-refractivity contribution in [2.24, 2.45) is 0 Å². The molecular weight excluding hydrogens is 318 g/mol. The van der Waals surface area contributed by atoms with E-state index in [0.717, 1.165) is 16.8 Å². The molecule has 0 bridgehead atoms. The number of nitrogens with zero attached hydrogens (tertiary/aromatic N) is 2. The number of H-pyrrole nitrogens is 1. The maximum absolute atomic E-state index is 12.7. The maximum Gasteiger partial charge on any atom is 0.421 e. The number of nitrogens with one attached hydrogen (secondary N) is 1. The third kappa shape index (κ3) is 3.72. The van der Waals surface area contributed by atoms with E-state index in [2.05, 4.69) is 10.2 Å². The monoisotopic (exact) mass is 337 g/mol. The summed E-state index contributed by atoms with van der Waals surface area (Å²) < 4.78 is 6.03. The molecule has 0 aliphatic heterocycles. The Labute approximate surface area is 138 Å². The van der Waals surface area contributed by atoms with Crippen LogP contribution in [0.1, 0.15) is 31.9 Å². The molecule has 7 heteroatoms. The molecule has 0 unspecified atom stereocenters. The van der Waals surface area contributed by atoms with E-state index in [1.54, 1.807) is 0 Å². The summed E-state index contributed by atoms with van der Waals surface area (Å²) in [5, 5.41) is 7.30. The van der Waals surface area contributed by atoms with Gasteiger partial charge in [-0.05, 0) is 64.0 Å². The largest absolute Gasteiger partial charge is 0.443 e. The van der Waals surface area contributed by atoms with E-state index < -0.39 is 11.7 Å². The Hall–Kier alpha value is -1.73. The van der Waals surface area contributed by atoms with Gasteiger partial charge in [0, 0.05) is 0 Å². The third-order valence-corrected chi connectivity index (χ3v) is 4.09. The average molecular weight is 337 g/mol. The quantitative estimate of drug-likeness (QED) is 0.793. The molecule has 0 fully saturated rings. The molecule has 1 heterocycles. The SMILES string of the molecule is Cc1cccc(N(C(=O)OC(C)(C)C)c2n[nH]c(=S)s2)c1C. The fourth-order valence-corrected chi connectivity index (χ4v) is 2.76. The summed E-state index contributed by atoms with van der Waals surface area (Å²) in [6.45, 7) is 9.46. The summed E-state index contributed by atoms with van der Waals surface area (Å²) in [6, 6.07) is 5.77. The number of amides is 1. The molecule has 5 nitrogen and oxygen atoms in total. The van der Waals surface area contributed by atoms with Gasteiger partial charge < -0.3 is 4.74 Å². The molecule has 0 aliphatic rings. The Bertz CT molecular complexity index is 744. The predicted molar refractivity (Wildman–Crippen MR) is 91.6 cm³/mol. The first-order valence-corrected chi connectivity index (χ1v) is 8.06. The summed E-state index contributed by atoms with van der Waals surface area (Å²) in [4.78, 5) is 14.1. The number of rotatable bonds is 2. The Balaban J connectivity index is 2.53. The van der Waals surface area contributed by atoms with Crippen LogP contribution >= 0.6 is 23.6 Å². The second kappa shape index (κ2) is 6.18. The van der Waals surface area contributed by atoms with E-state index in [0.29, 0.717) is 9.09 Å². The van der Waals surface area contributed by atoms with Crippen molar-refractivity contribution in [3.63, 3.8) is 0 Å². The topological polar surface area (TPSA) is 58.2 Å². The van der Waals surface area contributed by atoms with Crippen molar-refractivity contribution in [2.45, 2.75) is 40.2 Å². The molecule has 2 aromatic rings. The molecule has 0 saturated carbocycles. The highest BCUT2D eigenvalue weighted by molar-refractivity contribution is 7.73. The molecule has 0 aliphatic carbocycles. The predicted octanol–water partition coefficient (Wildman–Crippen LogP) is 4.89. The van der Waals surface area contributed by atoms with Gasteiger partial charge in [-0.1, -0.05) is 23.5 Å². The van der Waals surface area contributed by atoms with Crippen LogP contribution in [0.3, 0.4) is 0 Å². The van der Waals surface area contributed by atoms with Crippen LogP contribution in [-0.2, 0) is 4.74 Å². The lowest BCUT2D eigenvalue weighted by Gasteiger charge is -2.26. The van der Waals surface area contributed by atoms with Crippen molar-refractivity contribution in [3.05, 3.63) is 33.3 Å². The van der Waals surface area contributed by atoms with E-state index in [-0.39, 0.29) is 0 Å². The van der Waals surface area contributed by atoms with Gasteiger partial charge in [0.15, 0.2) is 3.95 Å². The summed E-state index contributed by atoms with van der Waals surface area (Å²) in [5.74, 6) is 0. The van der Waals surface area contributed by atoms with E-state index >= 15 is 0 Å². The Morgan fingerprint density at radius 1 is 1.36 bits per heavy atom. The van der Waals surface area contributed by atoms with Gasteiger partial charge in [-0.25, -0.2) is 9.69 Å². The molecule has 1 aromatic heterocycles. The summed E-state index contributed by atoms with van der Waals surface area (Å²) >= 11 is 6.31. The minimum Gasteiger partial charge on any atom is -0.443 e. The number of hydrogen-bond donors (Lipinski definition) is 1. The molecule has 0 radical (unpaired) electrons. The Morgan fingerprint density at radius 2 is 2.05 bits per heavy atom. The summed E-state index contributed by atoms with van der Waals surface area (Å²) in [5.41, 5.74) is 2.23. The van der Waals surface area contributed by atoms with Crippen LogP contribution in [0.15, 0.2) is 18.2 Å². The number of hydrogen-bond acceptors (Lipinski definition) is 5. The van der Waals surface area contributed by atoms with Crippen LogP contribution in [0.4, 0.5) is 15.6 Å². The standard InChI is InChI=1S/C15H19N3O2S2/c1-9-7-6-8-11(10(9)2)18(12-16-17-13(21)22-12)14(19)20-15(3,4)5/h6-8H,1-5H3,(H,17,21). The lowest BCUT2D eigenvalue weighted by molar-refractivity contribution is 0.0598. The Kier molecular flexibility index (Phi) is 4.67.